The van der Waals surface area contributed by atoms with E-state index in [0.717, 1.165) is 25.6 Å². The Balaban J connectivity index is 1.82. The van der Waals surface area contributed by atoms with Gasteiger partial charge in [-0.05, 0) is 51.5 Å². The van der Waals surface area contributed by atoms with E-state index in [1.54, 1.807) is 6.07 Å². The van der Waals surface area contributed by atoms with Crippen molar-refractivity contribution < 1.29 is 9.34 Å². The normalized spacial score (nSPS) is 18.1. The molecule has 1 aromatic heterocycles. The lowest BCUT2D eigenvalue weighted by Gasteiger charge is -2.31. The third kappa shape index (κ3) is 3.30. The Morgan fingerprint density at radius 2 is 2.22 bits per heavy atom. The average molecular weight is 253 g/mol. The number of hydrogen-bond donors (Lipinski definition) is 1. The predicted octanol–water partition coefficient (Wildman–Crippen LogP) is 1.62. The highest BCUT2D eigenvalue weighted by atomic mass is 16.6. The smallest absolute Gasteiger partial charge is 0.404 e. The second-order valence-corrected chi connectivity index (χ2v) is 4.77. The van der Waals surface area contributed by atoms with Crippen molar-refractivity contribution in [3.05, 3.63) is 28.0 Å². The van der Waals surface area contributed by atoms with Crippen molar-refractivity contribution in [3.63, 3.8) is 0 Å². The third-order valence-electron chi connectivity index (χ3n) is 3.41. The number of furan rings is 1. The summed E-state index contributed by atoms with van der Waals surface area (Å²) in [6.45, 7) is 3.79. The Hall–Kier alpha value is -1.40. The predicted molar refractivity (Wildman–Crippen MR) is 67.3 cm³/mol. The van der Waals surface area contributed by atoms with E-state index in [1.807, 2.05) is 7.05 Å². The monoisotopic (exact) mass is 253 g/mol. The van der Waals surface area contributed by atoms with Gasteiger partial charge in [0.25, 0.3) is 0 Å². The summed E-state index contributed by atoms with van der Waals surface area (Å²) in [5, 5.41) is 13.7. The number of likely N-dealkylation sites (tertiary alicyclic amines) is 1. The highest BCUT2D eigenvalue weighted by Crippen LogP contribution is 2.21. The quantitative estimate of drug-likeness (QED) is 0.637. The maximum Gasteiger partial charge on any atom is 0.433 e. The van der Waals surface area contributed by atoms with E-state index >= 15 is 0 Å². The van der Waals surface area contributed by atoms with Crippen molar-refractivity contribution in [2.75, 3.05) is 26.7 Å². The van der Waals surface area contributed by atoms with Gasteiger partial charge in [0.05, 0.1) is 12.6 Å². The molecule has 0 aromatic carbocycles. The highest BCUT2D eigenvalue weighted by Gasteiger charge is 2.20. The summed E-state index contributed by atoms with van der Waals surface area (Å²) in [6, 6.07) is 3.11. The molecular weight excluding hydrogens is 234 g/mol. The molecular formula is C12H19N3O3. The fourth-order valence-electron chi connectivity index (χ4n) is 2.41. The summed E-state index contributed by atoms with van der Waals surface area (Å²) < 4.78 is 5.17. The second kappa shape index (κ2) is 5.97. The van der Waals surface area contributed by atoms with Crippen molar-refractivity contribution in [2.24, 2.45) is 5.92 Å². The van der Waals surface area contributed by atoms with Crippen LogP contribution in [-0.4, -0.2) is 36.5 Å². The minimum absolute atomic E-state index is 0.171. The van der Waals surface area contributed by atoms with Crippen molar-refractivity contribution >= 4 is 5.88 Å². The fraction of sp³-hybridized carbons (Fsp3) is 0.667. The van der Waals surface area contributed by atoms with E-state index in [2.05, 4.69) is 10.2 Å². The van der Waals surface area contributed by atoms with Crippen LogP contribution in [0.15, 0.2) is 16.5 Å². The third-order valence-corrected chi connectivity index (χ3v) is 3.41. The summed E-state index contributed by atoms with van der Waals surface area (Å²) in [7, 11) is 1.98. The first-order valence-electron chi connectivity index (χ1n) is 6.29. The maximum absolute atomic E-state index is 10.5. The van der Waals surface area contributed by atoms with Crippen molar-refractivity contribution in [1.82, 2.24) is 10.2 Å². The van der Waals surface area contributed by atoms with Crippen LogP contribution in [0.5, 0.6) is 0 Å². The molecule has 2 heterocycles. The van der Waals surface area contributed by atoms with E-state index in [4.69, 9.17) is 4.42 Å². The van der Waals surface area contributed by atoms with Crippen LogP contribution < -0.4 is 5.32 Å². The zero-order valence-corrected chi connectivity index (χ0v) is 10.6. The van der Waals surface area contributed by atoms with Crippen LogP contribution in [0, 0.1) is 16.0 Å². The molecule has 18 heavy (non-hydrogen) atoms. The molecule has 6 nitrogen and oxygen atoms in total. The van der Waals surface area contributed by atoms with Gasteiger partial charge in [-0.3, -0.25) is 15.0 Å². The number of nitro groups is 1. The molecule has 1 aliphatic rings. The SMILES string of the molecule is CNCC1CCN(Cc2ccc([N+](=O)[O-])o2)CC1. The van der Waals surface area contributed by atoms with Crippen LogP contribution in [0.4, 0.5) is 5.88 Å². The lowest BCUT2D eigenvalue weighted by molar-refractivity contribution is -0.402. The van der Waals surface area contributed by atoms with Gasteiger partial charge in [-0.1, -0.05) is 0 Å². The van der Waals surface area contributed by atoms with Gasteiger partial charge in [0.2, 0.25) is 0 Å². The van der Waals surface area contributed by atoms with Gasteiger partial charge in [-0.2, -0.15) is 0 Å². The van der Waals surface area contributed by atoms with Crippen LogP contribution in [0.25, 0.3) is 0 Å². The zero-order chi connectivity index (χ0) is 13.0. The Labute approximate surface area is 106 Å². The van der Waals surface area contributed by atoms with E-state index in [9.17, 15) is 10.1 Å². The summed E-state index contributed by atoms with van der Waals surface area (Å²) in [5.41, 5.74) is 0. The molecule has 1 aliphatic heterocycles. The molecule has 6 heteroatoms. The van der Waals surface area contributed by atoms with Crippen LogP contribution in [0.1, 0.15) is 18.6 Å². The molecule has 0 atom stereocenters. The van der Waals surface area contributed by atoms with Gasteiger partial charge < -0.3 is 9.73 Å². The lowest BCUT2D eigenvalue weighted by atomic mass is 9.97. The van der Waals surface area contributed by atoms with Gasteiger partial charge in [0.1, 0.15) is 10.7 Å². The molecule has 1 saturated heterocycles. The molecule has 0 saturated carbocycles. The van der Waals surface area contributed by atoms with E-state index in [-0.39, 0.29) is 5.88 Å². The standard InChI is InChI=1S/C12H19N3O3/c1-13-8-10-4-6-14(7-5-10)9-11-2-3-12(18-11)15(16)17/h2-3,10,13H,4-9H2,1H3. The molecule has 0 amide bonds. The number of nitrogens with one attached hydrogen (secondary N) is 1. The minimum atomic E-state index is -0.497. The van der Waals surface area contributed by atoms with Crippen LogP contribution >= 0.6 is 0 Å². The fourth-order valence-corrected chi connectivity index (χ4v) is 2.41. The van der Waals surface area contributed by atoms with Gasteiger partial charge in [-0.25, -0.2) is 0 Å². The van der Waals surface area contributed by atoms with Gasteiger partial charge in [0, 0.05) is 0 Å². The molecule has 0 bridgehead atoms. The van der Waals surface area contributed by atoms with E-state index in [0.29, 0.717) is 12.3 Å². The Kier molecular flexibility index (Phi) is 4.33. The maximum atomic E-state index is 10.5. The molecule has 100 valence electrons. The number of piperidine rings is 1. The number of hydrogen-bond acceptors (Lipinski definition) is 5. The molecule has 0 spiro atoms. The van der Waals surface area contributed by atoms with Gasteiger partial charge >= 0.3 is 5.88 Å². The summed E-state index contributed by atoms with van der Waals surface area (Å²) in [4.78, 5) is 12.3. The molecule has 1 aromatic rings. The van der Waals surface area contributed by atoms with Crippen molar-refractivity contribution in [1.29, 1.82) is 0 Å². The topological polar surface area (TPSA) is 71.5 Å². The summed E-state index contributed by atoms with van der Waals surface area (Å²) >= 11 is 0. The summed E-state index contributed by atoms with van der Waals surface area (Å²) in [5.74, 6) is 1.25. The van der Waals surface area contributed by atoms with Crippen molar-refractivity contribution in [2.45, 2.75) is 19.4 Å². The highest BCUT2D eigenvalue weighted by molar-refractivity contribution is 5.17. The Bertz CT molecular complexity index is 397. The molecule has 0 unspecified atom stereocenters. The average Bonchev–Trinajstić information content (AvgIpc) is 2.81. The Morgan fingerprint density at radius 3 is 2.78 bits per heavy atom. The first-order valence-corrected chi connectivity index (χ1v) is 6.29. The molecule has 0 aliphatic carbocycles. The molecule has 2 rings (SSSR count). The first kappa shape index (κ1) is 13.0. The molecule has 1 fully saturated rings. The van der Waals surface area contributed by atoms with E-state index in [1.165, 1.54) is 18.9 Å². The van der Waals surface area contributed by atoms with Gasteiger partial charge in [0.15, 0.2) is 0 Å². The number of nitrogens with zero attached hydrogens (tertiary/aromatic N) is 2. The van der Waals surface area contributed by atoms with Crippen LogP contribution in [0.3, 0.4) is 0 Å². The zero-order valence-electron chi connectivity index (χ0n) is 10.6. The summed E-state index contributed by atoms with van der Waals surface area (Å²) in [6.07, 6.45) is 2.34. The van der Waals surface area contributed by atoms with E-state index < -0.39 is 4.92 Å². The first-order chi connectivity index (χ1) is 8.69. The molecule has 1 N–H and O–H groups in total. The second-order valence-electron chi connectivity index (χ2n) is 4.77. The minimum Gasteiger partial charge on any atom is -0.404 e. The van der Waals surface area contributed by atoms with Crippen LogP contribution in [0.2, 0.25) is 0 Å². The van der Waals surface area contributed by atoms with Crippen molar-refractivity contribution in [3.8, 4) is 0 Å². The largest absolute Gasteiger partial charge is 0.433 e. The number of rotatable bonds is 5. The van der Waals surface area contributed by atoms with Gasteiger partial charge in [-0.15, -0.1) is 0 Å². The Morgan fingerprint density at radius 1 is 1.50 bits per heavy atom. The lowest BCUT2D eigenvalue weighted by Crippen LogP contribution is -2.36. The molecule has 0 radical (unpaired) electrons. The van der Waals surface area contributed by atoms with Crippen LogP contribution in [-0.2, 0) is 6.54 Å².